The van der Waals surface area contributed by atoms with E-state index >= 15 is 0 Å². The van der Waals surface area contributed by atoms with E-state index in [4.69, 9.17) is 4.74 Å². The molecule has 2 atom stereocenters. The van der Waals surface area contributed by atoms with Crippen LogP contribution in [0.2, 0.25) is 0 Å². The van der Waals surface area contributed by atoms with Crippen molar-refractivity contribution in [3.8, 4) is 5.75 Å². The van der Waals surface area contributed by atoms with E-state index in [9.17, 15) is 0 Å². The zero-order valence-corrected chi connectivity index (χ0v) is 12.8. The second-order valence-electron chi connectivity index (χ2n) is 6.35. The van der Waals surface area contributed by atoms with Crippen LogP contribution in [0.15, 0.2) is 22.7 Å². The van der Waals surface area contributed by atoms with Crippen LogP contribution in [0.25, 0.3) is 0 Å². The largest absolute Gasteiger partial charge is 0.487 e. The Hall–Kier alpha value is -0.540. The highest BCUT2D eigenvalue weighted by Crippen LogP contribution is 2.44. The van der Waals surface area contributed by atoms with E-state index in [0.717, 1.165) is 18.2 Å². The van der Waals surface area contributed by atoms with Gasteiger partial charge in [-0.15, -0.1) is 0 Å². The number of ether oxygens (including phenoxy) is 1. The highest BCUT2D eigenvalue weighted by atomic mass is 79.9. The van der Waals surface area contributed by atoms with Crippen LogP contribution in [-0.4, -0.2) is 29.6 Å². The Morgan fingerprint density at radius 3 is 3.16 bits per heavy atom. The number of rotatable bonds is 0. The van der Waals surface area contributed by atoms with E-state index in [2.05, 4.69) is 39.0 Å². The second-order valence-corrected chi connectivity index (χ2v) is 7.27. The summed E-state index contributed by atoms with van der Waals surface area (Å²) in [6.45, 7) is 2.53. The lowest BCUT2D eigenvalue weighted by Gasteiger charge is -2.46. The van der Waals surface area contributed by atoms with Gasteiger partial charge in [-0.25, -0.2) is 0 Å². The van der Waals surface area contributed by atoms with E-state index in [-0.39, 0.29) is 5.60 Å². The number of benzene rings is 1. The number of hydrogen-bond donors (Lipinski definition) is 0. The predicted octanol–water partition coefficient (Wildman–Crippen LogP) is 3.77. The van der Waals surface area contributed by atoms with Crippen molar-refractivity contribution in [1.29, 1.82) is 0 Å². The first-order valence-corrected chi connectivity index (χ1v) is 8.25. The molecule has 2 saturated heterocycles. The minimum Gasteiger partial charge on any atom is -0.487 e. The van der Waals surface area contributed by atoms with Gasteiger partial charge in [0.2, 0.25) is 0 Å². The average molecular weight is 322 g/mol. The van der Waals surface area contributed by atoms with Crippen LogP contribution in [0.5, 0.6) is 5.75 Å². The lowest BCUT2D eigenvalue weighted by Crippen LogP contribution is -2.54. The molecule has 2 nitrogen and oxygen atoms in total. The van der Waals surface area contributed by atoms with E-state index in [1.807, 2.05) is 0 Å². The van der Waals surface area contributed by atoms with Crippen LogP contribution >= 0.6 is 15.9 Å². The fourth-order valence-electron chi connectivity index (χ4n) is 4.12. The molecule has 0 amide bonds. The van der Waals surface area contributed by atoms with Crippen molar-refractivity contribution < 1.29 is 4.74 Å². The molecule has 0 saturated carbocycles. The molecular weight excluding hydrogens is 302 g/mol. The van der Waals surface area contributed by atoms with E-state index in [1.54, 1.807) is 0 Å². The molecule has 0 aromatic heterocycles. The zero-order chi connectivity index (χ0) is 12.9. The van der Waals surface area contributed by atoms with Crippen LogP contribution in [-0.2, 0) is 6.42 Å². The number of piperidine rings is 2. The number of fused-ring (bicyclic) bond motifs is 2. The number of halogens is 1. The summed E-state index contributed by atoms with van der Waals surface area (Å²) in [6, 6.07) is 7.21. The third kappa shape index (κ3) is 2.11. The summed E-state index contributed by atoms with van der Waals surface area (Å²) in [5.41, 5.74) is 1.49. The summed E-state index contributed by atoms with van der Waals surface area (Å²) in [5.74, 6) is 1.12. The third-order valence-electron chi connectivity index (χ3n) is 5.07. The molecule has 1 aromatic carbocycles. The lowest BCUT2D eigenvalue weighted by atomic mass is 9.80. The van der Waals surface area contributed by atoms with Crippen molar-refractivity contribution in [1.82, 2.24) is 4.90 Å². The normalized spacial score (nSPS) is 33.8. The Balaban J connectivity index is 1.57. The van der Waals surface area contributed by atoms with Gasteiger partial charge in [-0.05, 0) is 43.1 Å². The topological polar surface area (TPSA) is 12.5 Å². The van der Waals surface area contributed by atoms with Gasteiger partial charge in [0.15, 0.2) is 0 Å². The summed E-state index contributed by atoms with van der Waals surface area (Å²) < 4.78 is 7.56. The summed E-state index contributed by atoms with van der Waals surface area (Å²) in [7, 11) is 0. The minimum atomic E-state index is 0.0988. The SMILES string of the molecule is Brc1ccc2c(c1)C[C@]1(CCN3CCCC[C@@H]3C1)O2. The summed E-state index contributed by atoms with van der Waals surface area (Å²) in [5, 5.41) is 0. The maximum absolute atomic E-state index is 6.39. The molecule has 3 heterocycles. The van der Waals surface area contributed by atoms with Crippen molar-refractivity contribution in [2.45, 2.75) is 50.2 Å². The van der Waals surface area contributed by atoms with E-state index in [1.165, 1.54) is 55.2 Å². The summed E-state index contributed by atoms with van der Waals surface area (Å²) in [4.78, 5) is 2.69. The van der Waals surface area contributed by atoms with E-state index in [0.29, 0.717) is 0 Å². The highest BCUT2D eigenvalue weighted by molar-refractivity contribution is 9.10. The van der Waals surface area contributed by atoms with Crippen molar-refractivity contribution in [3.05, 3.63) is 28.2 Å². The van der Waals surface area contributed by atoms with Crippen molar-refractivity contribution in [2.24, 2.45) is 0 Å². The smallest absolute Gasteiger partial charge is 0.123 e. The molecule has 0 unspecified atom stereocenters. The van der Waals surface area contributed by atoms with Crippen molar-refractivity contribution >= 4 is 15.9 Å². The molecule has 0 radical (unpaired) electrons. The highest BCUT2D eigenvalue weighted by Gasteiger charge is 2.45. The molecule has 4 rings (SSSR count). The molecule has 0 aliphatic carbocycles. The summed E-state index contributed by atoms with van der Waals surface area (Å²) in [6.07, 6.45) is 7.67. The fourth-order valence-corrected chi connectivity index (χ4v) is 4.53. The van der Waals surface area contributed by atoms with Crippen LogP contribution in [0.3, 0.4) is 0 Å². The van der Waals surface area contributed by atoms with E-state index < -0.39 is 0 Å². The fraction of sp³-hybridized carbons (Fsp3) is 0.625. The van der Waals surface area contributed by atoms with Gasteiger partial charge in [0.1, 0.15) is 11.4 Å². The Morgan fingerprint density at radius 1 is 1.26 bits per heavy atom. The zero-order valence-electron chi connectivity index (χ0n) is 11.2. The summed E-state index contributed by atoms with van der Waals surface area (Å²) >= 11 is 3.57. The van der Waals surface area contributed by atoms with Gasteiger partial charge in [0.05, 0.1) is 0 Å². The van der Waals surface area contributed by atoms with Gasteiger partial charge in [-0.3, -0.25) is 0 Å². The van der Waals surface area contributed by atoms with Crippen LogP contribution < -0.4 is 4.74 Å². The van der Waals surface area contributed by atoms with Gasteiger partial charge >= 0.3 is 0 Å². The first-order valence-electron chi connectivity index (χ1n) is 7.46. The number of nitrogens with zero attached hydrogens (tertiary/aromatic N) is 1. The number of hydrogen-bond acceptors (Lipinski definition) is 2. The standard InChI is InChI=1S/C16H20BrNO/c17-13-4-5-15-12(9-13)10-16(19-15)6-8-18-7-2-1-3-14(18)11-16/h4-5,9,14H,1-3,6-8,10-11H2/t14-,16+/m1/s1. The molecule has 1 aromatic rings. The molecule has 3 aliphatic heterocycles. The first kappa shape index (κ1) is 12.2. The average Bonchev–Trinajstić information content (AvgIpc) is 2.75. The monoisotopic (exact) mass is 321 g/mol. The maximum atomic E-state index is 6.39. The third-order valence-corrected chi connectivity index (χ3v) is 5.57. The molecule has 19 heavy (non-hydrogen) atoms. The molecule has 2 fully saturated rings. The molecule has 0 bridgehead atoms. The van der Waals surface area contributed by atoms with Gasteiger partial charge in [0.25, 0.3) is 0 Å². The quantitative estimate of drug-likeness (QED) is 0.721. The van der Waals surface area contributed by atoms with Gasteiger partial charge in [-0.2, -0.15) is 0 Å². The Kier molecular flexibility index (Phi) is 2.89. The van der Waals surface area contributed by atoms with Crippen molar-refractivity contribution in [3.63, 3.8) is 0 Å². The lowest BCUT2D eigenvalue weighted by molar-refractivity contribution is -0.0249. The van der Waals surface area contributed by atoms with Crippen LogP contribution in [0.1, 0.15) is 37.7 Å². The molecule has 0 N–H and O–H groups in total. The van der Waals surface area contributed by atoms with Gasteiger partial charge < -0.3 is 9.64 Å². The second kappa shape index (κ2) is 4.49. The minimum absolute atomic E-state index is 0.0988. The molecular formula is C16H20BrNO. The van der Waals surface area contributed by atoms with Crippen LogP contribution in [0.4, 0.5) is 0 Å². The Morgan fingerprint density at radius 2 is 2.21 bits per heavy atom. The molecule has 102 valence electrons. The molecule has 3 heteroatoms. The van der Waals surface area contributed by atoms with Crippen LogP contribution in [0, 0.1) is 0 Å². The van der Waals surface area contributed by atoms with Gasteiger partial charge in [-0.1, -0.05) is 22.4 Å². The first-order chi connectivity index (χ1) is 9.24. The predicted molar refractivity (Wildman–Crippen MR) is 79.7 cm³/mol. The Bertz CT molecular complexity index is 504. The maximum Gasteiger partial charge on any atom is 0.123 e. The van der Waals surface area contributed by atoms with Gasteiger partial charge in [0, 0.05) is 36.3 Å². The molecule has 1 spiro atoms. The Labute approximate surface area is 123 Å². The van der Waals surface area contributed by atoms with Crippen molar-refractivity contribution in [2.75, 3.05) is 13.1 Å². The molecule has 3 aliphatic rings.